The van der Waals surface area contributed by atoms with Gasteiger partial charge in [0.2, 0.25) is 10.0 Å². The van der Waals surface area contributed by atoms with Crippen LogP contribution in [0.4, 0.5) is 17.6 Å². The van der Waals surface area contributed by atoms with Crippen molar-refractivity contribution in [1.29, 1.82) is 0 Å². The molecule has 1 aromatic rings. The second kappa shape index (κ2) is 3.78. The molecular formula is C7H5F4NO2S. The second-order valence-electron chi connectivity index (χ2n) is 2.66. The summed E-state index contributed by atoms with van der Waals surface area (Å²) in [5.74, 6) is -3.45. The molecule has 0 radical (unpaired) electrons. The van der Waals surface area contributed by atoms with Crippen LogP contribution in [0.5, 0.6) is 0 Å². The molecule has 0 aliphatic carbocycles. The zero-order valence-corrected chi connectivity index (χ0v) is 7.86. The lowest BCUT2D eigenvalue weighted by Crippen LogP contribution is -2.15. The highest BCUT2D eigenvalue weighted by atomic mass is 32.2. The number of nitrogens with two attached hydrogens (primary N) is 1. The maximum Gasteiger partial charge on any atom is 0.263 e. The average molecular weight is 243 g/mol. The molecule has 0 fully saturated rings. The molecule has 0 unspecified atom stereocenters. The van der Waals surface area contributed by atoms with Crippen molar-refractivity contribution < 1.29 is 26.0 Å². The van der Waals surface area contributed by atoms with Crippen LogP contribution in [0.3, 0.4) is 0 Å². The van der Waals surface area contributed by atoms with E-state index in [9.17, 15) is 26.0 Å². The number of sulfonamides is 1. The van der Waals surface area contributed by atoms with Crippen LogP contribution in [0.1, 0.15) is 12.0 Å². The van der Waals surface area contributed by atoms with Gasteiger partial charge in [0.15, 0.2) is 11.6 Å². The zero-order valence-electron chi connectivity index (χ0n) is 7.05. The molecule has 0 spiro atoms. The smallest absolute Gasteiger partial charge is 0.225 e. The summed E-state index contributed by atoms with van der Waals surface area (Å²) in [5, 5.41) is 4.52. The molecule has 0 aliphatic heterocycles. The Bertz CT molecular complexity index is 486. The van der Waals surface area contributed by atoms with Crippen LogP contribution in [-0.2, 0) is 10.0 Å². The normalized spacial score (nSPS) is 12.1. The Labute approximate surface area is 82.6 Å². The number of hydrogen-bond donors (Lipinski definition) is 1. The first-order valence-corrected chi connectivity index (χ1v) is 5.08. The fraction of sp³-hybridized carbons (Fsp3) is 0.143. The fourth-order valence-corrected chi connectivity index (χ4v) is 1.56. The van der Waals surface area contributed by atoms with E-state index in [2.05, 4.69) is 5.14 Å². The Morgan fingerprint density at radius 3 is 2.13 bits per heavy atom. The molecule has 15 heavy (non-hydrogen) atoms. The summed E-state index contributed by atoms with van der Waals surface area (Å²) >= 11 is 0. The molecule has 0 aliphatic rings. The maximum atomic E-state index is 12.9. The van der Waals surface area contributed by atoms with E-state index in [0.29, 0.717) is 6.07 Å². The number of benzene rings is 1. The van der Waals surface area contributed by atoms with Gasteiger partial charge in [-0.05, 0) is 12.1 Å². The summed E-state index contributed by atoms with van der Waals surface area (Å²) in [6.07, 6.45) is -3.11. The third kappa shape index (κ3) is 2.45. The minimum Gasteiger partial charge on any atom is -0.225 e. The summed E-state index contributed by atoms with van der Waals surface area (Å²) in [7, 11) is -4.56. The predicted molar refractivity (Wildman–Crippen MR) is 42.7 cm³/mol. The number of hydrogen-bond acceptors (Lipinski definition) is 2. The van der Waals surface area contributed by atoms with E-state index in [4.69, 9.17) is 0 Å². The molecule has 2 N–H and O–H groups in total. The molecule has 8 heteroatoms. The van der Waals surface area contributed by atoms with Crippen molar-refractivity contribution in [3.05, 3.63) is 29.3 Å². The van der Waals surface area contributed by atoms with Crippen LogP contribution < -0.4 is 5.14 Å². The number of alkyl halides is 2. The van der Waals surface area contributed by atoms with E-state index < -0.39 is 38.5 Å². The molecule has 0 amide bonds. The predicted octanol–water partition coefficient (Wildman–Crippen LogP) is 1.55. The summed E-state index contributed by atoms with van der Waals surface area (Å²) in [5.41, 5.74) is -0.946. The Kier molecular flexibility index (Phi) is 3.00. The van der Waals surface area contributed by atoms with Gasteiger partial charge in [0.25, 0.3) is 6.43 Å². The minimum absolute atomic E-state index is 0.217. The Morgan fingerprint density at radius 2 is 1.73 bits per heavy atom. The van der Waals surface area contributed by atoms with E-state index in [1.54, 1.807) is 0 Å². The van der Waals surface area contributed by atoms with E-state index in [1.807, 2.05) is 0 Å². The van der Waals surface area contributed by atoms with E-state index in [0.717, 1.165) is 0 Å². The summed E-state index contributed by atoms with van der Waals surface area (Å²) in [6.45, 7) is 0. The van der Waals surface area contributed by atoms with Gasteiger partial charge < -0.3 is 0 Å². The van der Waals surface area contributed by atoms with Crippen LogP contribution >= 0.6 is 0 Å². The van der Waals surface area contributed by atoms with Crippen molar-refractivity contribution in [3.63, 3.8) is 0 Å². The first-order chi connectivity index (χ1) is 6.73. The lowest BCUT2D eigenvalue weighted by Gasteiger charge is -2.05. The van der Waals surface area contributed by atoms with Gasteiger partial charge in [0.05, 0.1) is 0 Å². The molecule has 0 saturated carbocycles. The van der Waals surface area contributed by atoms with Crippen LogP contribution in [0, 0.1) is 11.6 Å². The van der Waals surface area contributed by atoms with Gasteiger partial charge in [0, 0.05) is 5.56 Å². The quantitative estimate of drug-likeness (QED) is 0.801. The largest absolute Gasteiger partial charge is 0.263 e. The Morgan fingerprint density at radius 1 is 1.20 bits per heavy atom. The van der Waals surface area contributed by atoms with Gasteiger partial charge in [-0.1, -0.05) is 0 Å². The van der Waals surface area contributed by atoms with Crippen molar-refractivity contribution in [2.45, 2.75) is 11.3 Å². The molecule has 0 bridgehead atoms. The van der Waals surface area contributed by atoms with Crippen LogP contribution in [0.15, 0.2) is 17.0 Å². The van der Waals surface area contributed by atoms with Gasteiger partial charge in [-0.25, -0.2) is 31.1 Å². The molecule has 3 nitrogen and oxygen atoms in total. The lowest BCUT2D eigenvalue weighted by molar-refractivity contribution is 0.150. The van der Waals surface area contributed by atoms with Gasteiger partial charge in [-0.2, -0.15) is 0 Å². The van der Waals surface area contributed by atoms with Crippen LogP contribution in [-0.4, -0.2) is 8.42 Å². The maximum absolute atomic E-state index is 12.9. The van der Waals surface area contributed by atoms with E-state index in [-0.39, 0.29) is 6.07 Å². The van der Waals surface area contributed by atoms with Crippen LogP contribution in [0.25, 0.3) is 0 Å². The zero-order chi connectivity index (χ0) is 11.8. The molecule has 1 rings (SSSR count). The third-order valence-corrected chi connectivity index (χ3v) is 2.49. The monoisotopic (exact) mass is 243 g/mol. The van der Waals surface area contributed by atoms with E-state index >= 15 is 0 Å². The highest BCUT2D eigenvalue weighted by Gasteiger charge is 2.22. The minimum atomic E-state index is -4.56. The molecule has 84 valence electrons. The molecule has 0 atom stereocenters. The van der Waals surface area contributed by atoms with Crippen molar-refractivity contribution >= 4 is 10.0 Å². The summed E-state index contributed by atoms with van der Waals surface area (Å²) in [4.78, 5) is -1.28. The molecule has 0 saturated heterocycles. The SMILES string of the molecule is NS(=O)(=O)c1cc(C(F)F)cc(F)c1F. The van der Waals surface area contributed by atoms with Gasteiger partial charge in [-0.3, -0.25) is 0 Å². The topological polar surface area (TPSA) is 60.2 Å². The standard InChI is InChI=1S/C7H5F4NO2S/c8-4-1-3(7(10)11)2-5(6(4)9)15(12,13)14/h1-2,7H,(H2,12,13,14). The summed E-state index contributed by atoms with van der Waals surface area (Å²) < 4.78 is 71.2. The third-order valence-electron chi connectivity index (χ3n) is 1.58. The summed E-state index contributed by atoms with van der Waals surface area (Å²) in [6, 6.07) is 0.521. The average Bonchev–Trinajstić information content (AvgIpc) is 2.06. The number of rotatable bonds is 2. The van der Waals surface area contributed by atoms with Crippen LogP contribution in [0.2, 0.25) is 0 Å². The molecular weight excluding hydrogens is 238 g/mol. The van der Waals surface area contributed by atoms with E-state index in [1.165, 1.54) is 0 Å². The number of halogens is 4. The number of primary sulfonamides is 1. The highest BCUT2D eigenvalue weighted by molar-refractivity contribution is 7.89. The molecule has 0 heterocycles. The van der Waals surface area contributed by atoms with Crippen molar-refractivity contribution in [3.8, 4) is 0 Å². The fourth-order valence-electron chi connectivity index (χ4n) is 0.917. The Hall–Kier alpha value is -1.15. The lowest BCUT2D eigenvalue weighted by atomic mass is 10.2. The van der Waals surface area contributed by atoms with Crippen molar-refractivity contribution in [2.24, 2.45) is 5.14 Å². The highest BCUT2D eigenvalue weighted by Crippen LogP contribution is 2.25. The van der Waals surface area contributed by atoms with Crippen molar-refractivity contribution in [2.75, 3.05) is 0 Å². The van der Waals surface area contributed by atoms with Gasteiger partial charge in [-0.15, -0.1) is 0 Å². The van der Waals surface area contributed by atoms with Gasteiger partial charge in [0.1, 0.15) is 4.90 Å². The molecule has 0 aromatic heterocycles. The van der Waals surface area contributed by atoms with Crippen molar-refractivity contribution in [1.82, 2.24) is 0 Å². The first-order valence-electron chi connectivity index (χ1n) is 3.53. The van der Waals surface area contributed by atoms with Gasteiger partial charge >= 0.3 is 0 Å². The second-order valence-corrected chi connectivity index (χ2v) is 4.19. The first kappa shape index (κ1) is 11.9. The Balaban J connectivity index is 3.52. The molecule has 1 aromatic carbocycles.